The van der Waals surface area contributed by atoms with E-state index in [0.717, 1.165) is 43.0 Å². The average Bonchev–Trinajstić information content (AvgIpc) is 3.36. The fourth-order valence-electron chi connectivity index (χ4n) is 4.11. The third-order valence-corrected chi connectivity index (χ3v) is 6.11. The molecule has 1 aromatic heterocycles. The van der Waals surface area contributed by atoms with Crippen molar-refractivity contribution in [2.24, 2.45) is 0 Å². The maximum absolute atomic E-state index is 13.5. The molecule has 8 heteroatoms. The fraction of sp³-hybridized carbons (Fsp3) is 0.364. The minimum Gasteiger partial charge on any atom is -0.347 e. The second-order valence-corrected chi connectivity index (χ2v) is 8.02. The van der Waals surface area contributed by atoms with Crippen LogP contribution in [0.4, 0.5) is 4.39 Å². The summed E-state index contributed by atoms with van der Waals surface area (Å²) in [5, 5.41) is 4.84. The molecular weight excluding hydrogens is 403 g/mol. The normalized spacial score (nSPS) is 18.8. The fourth-order valence-corrected chi connectivity index (χ4v) is 4.40. The molecule has 2 fully saturated rings. The van der Waals surface area contributed by atoms with E-state index in [4.69, 9.17) is 26.8 Å². The number of ether oxygens (including phenoxy) is 2. The van der Waals surface area contributed by atoms with Crippen LogP contribution in [-0.2, 0) is 16.1 Å². The molecular formula is C22H23FN4O2S. The van der Waals surface area contributed by atoms with Crippen LogP contribution in [0, 0.1) is 10.6 Å². The summed E-state index contributed by atoms with van der Waals surface area (Å²) < 4.78 is 29.5. The van der Waals surface area contributed by atoms with Crippen molar-refractivity contribution < 1.29 is 13.9 Å². The lowest BCUT2D eigenvalue weighted by Crippen LogP contribution is -2.45. The molecule has 1 spiro atoms. The van der Waals surface area contributed by atoms with Crippen molar-refractivity contribution in [3.05, 3.63) is 65.2 Å². The summed E-state index contributed by atoms with van der Waals surface area (Å²) in [4.78, 5) is 2.31. The summed E-state index contributed by atoms with van der Waals surface area (Å²) in [6.07, 6.45) is 1.68. The zero-order chi connectivity index (χ0) is 20.6. The van der Waals surface area contributed by atoms with Gasteiger partial charge in [-0.1, -0.05) is 30.3 Å². The van der Waals surface area contributed by atoms with Crippen LogP contribution in [0.15, 0.2) is 54.6 Å². The summed E-state index contributed by atoms with van der Waals surface area (Å²) in [5.74, 6) is 0.0568. The molecule has 0 amide bonds. The van der Waals surface area contributed by atoms with Crippen LogP contribution in [0.2, 0.25) is 0 Å². The summed E-state index contributed by atoms with van der Waals surface area (Å²) in [6.45, 7) is 3.64. The summed E-state index contributed by atoms with van der Waals surface area (Å²) >= 11 is 5.79. The number of benzene rings is 2. The number of hydrogen-bond donors (Lipinski definition) is 0. The Hall–Kier alpha value is -2.39. The number of rotatable bonds is 4. The quantitative estimate of drug-likeness (QED) is 0.590. The molecule has 3 aromatic rings. The second-order valence-electron chi connectivity index (χ2n) is 7.65. The highest BCUT2D eigenvalue weighted by atomic mass is 32.1. The summed E-state index contributed by atoms with van der Waals surface area (Å²) in [6, 6.07) is 16.2. The van der Waals surface area contributed by atoms with Gasteiger partial charge in [-0.15, -0.1) is 5.10 Å². The number of piperidine rings is 1. The Labute approximate surface area is 179 Å². The van der Waals surface area contributed by atoms with E-state index in [-0.39, 0.29) is 5.82 Å². The Morgan fingerprint density at radius 3 is 2.30 bits per heavy atom. The van der Waals surface area contributed by atoms with Gasteiger partial charge >= 0.3 is 0 Å². The van der Waals surface area contributed by atoms with Crippen molar-refractivity contribution in [3.8, 4) is 17.1 Å². The zero-order valence-corrected chi connectivity index (χ0v) is 17.4. The Morgan fingerprint density at radius 2 is 1.63 bits per heavy atom. The van der Waals surface area contributed by atoms with E-state index >= 15 is 0 Å². The first-order valence-corrected chi connectivity index (χ1v) is 10.6. The second kappa shape index (κ2) is 8.03. The van der Waals surface area contributed by atoms with Gasteiger partial charge in [0.15, 0.2) is 11.6 Å². The highest BCUT2D eigenvalue weighted by Gasteiger charge is 2.39. The van der Waals surface area contributed by atoms with E-state index in [2.05, 4.69) is 4.90 Å². The van der Waals surface area contributed by atoms with E-state index in [1.54, 1.807) is 12.1 Å². The number of aromatic nitrogens is 3. The van der Waals surface area contributed by atoms with E-state index in [1.807, 2.05) is 39.6 Å². The summed E-state index contributed by atoms with van der Waals surface area (Å²) in [5.41, 5.74) is 1.74. The largest absolute Gasteiger partial charge is 0.347 e. The van der Waals surface area contributed by atoms with Gasteiger partial charge in [-0.2, -0.15) is 0 Å². The molecule has 0 unspecified atom stereocenters. The highest BCUT2D eigenvalue weighted by Crippen LogP contribution is 2.31. The Morgan fingerprint density at radius 1 is 0.967 bits per heavy atom. The SMILES string of the molecule is Fc1ccc(-n2c(-c3ccccc3)nn(CN3CCC4(CC3)OCCO4)c2=S)cc1. The van der Waals surface area contributed by atoms with Crippen LogP contribution < -0.4 is 0 Å². The van der Waals surface area contributed by atoms with Crippen molar-refractivity contribution in [1.29, 1.82) is 0 Å². The van der Waals surface area contributed by atoms with E-state index in [9.17, 15) is 4.39 Å². The molecule has 2 saturated heterocycles. The van der Waals surface area contributed by atoms with Crippen LogP contribution in [0.25, 0.3) is 17.1 Å². The van der Waals surface area contributed by atoms with E-state index in [0.29, 0.717) is 24.7 Å². The molecule has 0 atom stereocenters. The monoisotopic (exact) mass is 426 g/mol. The molecule has 6 nitrogen and oxygen atoms in total. The molecule has 0 radical (unpaired) electrons. The predicted molar refractivity (Wildman–Crippen MR) is 113 cm³/mol. The van der Waals surface area contributed by atoms with Gasteiger partial charge in [0.25, 0.3) is 0 Å². The Bertz CT molecular complexity index is 1060. The van der Waals surface area contributed by atoms with Gasteiger partial charge in [0, 0.05) is 31.5 Å². The molecule has 30 heavy (non-hydrogen) atoms. The summed E-state index contributed by atoms with van der Waals surface area (Å²) in [7, 11) is 0. The smallest absolute Gasteiger partial charge is 0.204 e. The number of halogens is 1. The molecule has 3 heterocycles. The van der Waals surface area contributed by atoms with Gasteiger partial charge in [-0.3, -0.25) is 9.47 Å². The lowest BCUT2D eigenvalue weighted by molar-refractivity contribution is -0.187. The molecule has 2 aliphatic heterocycles. The molecule has 0 bridgehead atoms. The third-order valence-electron chi connectivity index (χ3n) is 5.72. The standard InChI is InChI=1S/C22H23FN4O2S/c23-18-6-8-19(9-7-18)27-20(17-4-2-1-3-5-17)24-26(21(27)30)16-25-12-10-22(11-13-25)28-14-15-29-22/h1-9H,10-16H2. The first-order chi connectivity index (χ1) is 14.6. The first kappa shape index (κ1) is 19.6. The van der Waals surface area contributed by atoms with Crippen molar-refractivity contribution in [3.63, 3.8) is 0 Å². The maximum atomic E-state index is 13.5. The minimum atomic E-state index is -0.402. The molecule has 5 rings (SSSR count). The van der Waals surface area contributed by atoms with E-state index < -0.39 is 5.79 Å². The average molecular weight is 427 g/mol. The molecule has 2 aromatic carbocycles. The van der Waals surface area contributed by atoms with Crippen molar-refractivity contribution in [2.75, 3.05) is 26.3 Å². The van der Waals surface area contributed by atoms with Gasteiger partial charge in [-0.05, 0) is 36.5 Å². The maximum Gasteiger partial charge on any atom is 0.204 e. The van der Waals surface area contributed by atoms with Crippen molar-refractivity contribution in [2.45, 2.75) is 25.3 Å². The van der Waals surface area contributed by atoms with Crippen LogP contribution in [0.3, 0.4) is 0 Å². The van der Waals surface area contributed by atoms with Crippen molar-refractivity contribution in [1.82, 2.24) is 19.2 Å². The predicted octanol–water partition coefficient (Wildman–Crippen LogP) is 4.01. The topological polar surface area (TPSA) is 44.5 Å². The molecule has 0 saturated carbocycles. The third kappa shape index (κ3) is 3.72. The van der Waals surface area contributed by atoms with E-state index in [1.165, 1.54) is 12.1 Å². The van der Waals surface area contributed by atoms with Crippen LogP contribution in [0.5, 0.6) is 0 Å². The molecule has 156 valence electrons. The molecule has 0 N–H and O–H groups in total. The van der Waals surface area contributed by atoms with Gasteiger partial charge in [0.1, 0.15) is 5.82 Å². The molecule has 2 aliphatic rings. The van der Waals surface area contributed by atoms with Crippen LogP contribution >= 0.6 is 12.2 Å². The highest BCUT2D eigenvalue weighted by molar-refractivity contribution is 7.71. The lowest BCUT2D eigenvalue weighted by atomic mass is 10.0. The van der Waals surface area contributed by atoms with Gasteiger partial charge in [0.05, 0.1) is 25.6 Å². The first-order valence-electron chi connectivity index (χ1n) is 10.2. The van der Waals surface area contributed by atoms with Gasteiger partial charge in [0.2, 0.25) is 4.77 Å². The number of hydrogen-bond acceptors (Lipinski definition) is 5. The Kier molecular flexibility index (Phi) is 5.24. The minimum absolute atomic E-state index is 0.280. The zero-order valence-electron chi connectivity index (χ0n) is 16.5. The van der Waals surface area contributed by atoms with Crippen LogP contribution in [0.1, 0.15) is 12.8 Å². The number of nitrogens with zero attached hydrogens (tertiary/aromatic N) is 4. The number of likely N-dealkylation sites (tertiary alicyclic amines) is 1. The van der Waals surface area contributed by atoms with Gasteiger partial charge in [-0.25, -0.2) is 9.07 Å². The van der Waals surface area contributed by atoms with Crippen molar-refractivity contribution >= 4 is 12.2 Å². The van der Waals surface area contributed by atoms with Crippen LogP contribution in [-0.4, -0.2) is 51.3 Å². The molecule has 0 aliphatic carbocycles. The van der Waals surface area contributed by atoms with Gasteiger partial charge < -0.3 is 9.47 Å². The Balaban J connectivity index is 1.46. The lowest BCUT2D eigenvalue weighted by Gasteiger charge is -2.37.